The minimum Gasteiger partial charge on any atom is -0.508 e. The topological polar surface area (TPSA) is 186 Å². The minimum atomic E-state index is -1.26. The van der Waals surface area contributed by atoms with E-state index in [-0.39, 0.29) is 30.3 Å². The van der Waals surface area contributed by atoms with Crippen molar-refractivity contribution >= 4 is 36.3 Å². The Morgan fingerprint density at radius 1 is 1.03 bits per heavy atom. The van der Waals surface area contributed by atoms with Crippen LogP contribution >= 0.6 is 12.6 Å². The van der Waals surface area contributed by atoms with E-state index < -0.39 is 42.0 Å². The van der Waals surface area contributed by atoms with E-state index in [9.17, 15) is 29.4 Å². The Morgan fingerprint density at radius 2 is 1.69 bits per heavy atom. The number of thiol groups is 1. The van der Waals surface area contributed by atoms with Crippen molar-refractivity contribution in [2.75, 3.05) is 12.3 Å². The molecular formula is C23H30N6O6S. The number of carboxylic acids is 1. The maximum Gasteiger partial charge on any atom is 0.327 e. The van der Waals surface area contributed by atoms with Crippen LogP contribution in [0, 0.1) is 0 Å². The maximum absolute atomic E-state index is 13.4. The number of phenols is 1. The zero-order chi connectivity index (χ0) is 26.1. The van der Waals surface area contributed by atoms with Gasteiger partial charge in [0, 0.05) is 30.5 Å². The molecule has 194 valence electrons. The summed E-state index contributed by atoms with van der Waals surface area (Å²) >= 11 is 3.96. The van der Waals surface area contributed by atoms with Gasteiger partial charge in [-0.1, -0.05) is 12.1 Å². The van der Waals surface area contributed by atoms with E-state index in [1.165, 1.54) is 24.7 Å². The molecule has 1 aromatic heterocycles. The molecule has 36 heavy (non-hydrogen) atoms. The number of aliphatic carboxylic acids is 1. The number of rotatable bonds is 12. The Kier molecular flexibility index (Phi) is 9.70. The number of nitrogens with zero attached hydrogens (tertiary/aromatic N) is 1. The number of amides is 3. The van der Waals surface area contributed by atoms with Crippen LogP contribution in [0.4, 0.5) is 0 Å². The van der Waals surface area contributed by atoms with Gasteiger partial charge in [0.2, 0.25) is 17.7 Å². The van der Waals surface area contributed by atoms with Gasteiger partial charge in [0.05, 0.1) is 12.4 Å². The number of carboxylic acid groups (broad SMARTS) is 1. The third kappa shape index (κ3) is 7.71. The third-order valence-electron chi connectivity index (χ3n) is 5.79. The molecule has 1 aromatic carbocycles. The van der Waals surface area contributed by atoms with Crippen molar-refractivity contribution in [3.05, 3.63) is 48.0 Å². The lowest BCUT2D eigenvalue weighted by atomic mass is 10.0. The molecule has 2 aromatic rings. The Bertz CT molecular complexity index is 1040. The molecule has 4 unspecified atom stereocenters. The Hall–Kier alpha value is -3.58. The largest absolute Gasteiger partial charge is 0.508 e. The number of aromatic amines is 1. The average molecular weight is 519 g/mol. The maximum atomic E-state index is 13.4. The highest BCUT2D eigenvalue weighted by atomic mass is 32.1. The number of H-pyrrole nitrogens is 1. The molecule has 1 aliphatic rings. The van der Waals surface area contributed by atoms with Gasteiger partial charge in [-0.25, -0.2) is 9.78 Å². The zero-order valence-electron chi connectivity index (χ0n) is 19.4. The van der Waals surface area contributed by atoms with E-state index in [1.54, 1.807) is 12.1 Å². The molecule has 3 rings (SSSR count). The number of hydrogen-bond donors (Lipinski definition) is 8. The van der Waals surface area contributed by atoms with E-state index in [0.29, 0.717) is 24.2 Å². The van der Waals surface area contributed by atoms with Crippen LogP contribution in [-0.2, 0) is 32.0 Å². The van der Waals surface area contributed by atoms with Crippen LogP contribution in [0.5, 0.6) is 5.75 Å². The molecule has 0 spiro atoms. The van der Waals surface area contributed by atoms with Crippen molar-refractivity contribution in [3.63, 3.8) is 0 Å². The number of carbonyl (C=O) groups is 4. The lowest BCUT2D eigenvalue weighted by molar-refractivity contribution is -0.141. The lowest BCUT2D eigenvalue weighted by Crippen LogP contribution is -2.58. The first kappa shape index (κ1) is 27.0. The van der Waals surface area contributed by atoms with E-state index in [4.69, 9.17) is 0 Å². The first-order valence-corrected chi connectivity index (χ1v) is 12.1. The summed E-state index contributed by atoms with van der Waals surface area (Å²) in [5, 5.41) is 29.7. The number of carbonyl (C=O) groups excluding carboxylic acids is 3. The number of aromatic hydroxyl groups is 1. The van der Waals surface area contributed by atoms with Crippen LogP contribution in [0.3, 0.4) is 0 Å². The summed E-state index contributed by atoms with van der Waals surface area (Å²) < 4.78 is 0. The molecule has 0 aliphatic carbocycles. The van der Waals surface area contributed by atoms with Gasteiger partial charge >= 0.3 is 5.97 Å². The van der Waals surface area contributed by atoms with Crippen LogP contribution < -0.4 is 21.3 Å². The summed E-state index contributed by atoms with van der Waals surface area (Å²) in [6.07, 6.45) is 4.52. The first-order valence-electron chi connectivity index (χ1n) is 11.5. The van der Waals surface area contributed by atoms with Crippen LogP contribution in [0.2, 0.25) is 0 Å². The number of hydrogen-bond acceptors (Lipinski definition) is 8. The second kappa shape index (κ2) is 12.9. The quantitative estimate of drug-likeness (QED) is 0.166. The summed E-state index contributed by atoms with van der Waals surface area (Å²) in [6, 6.07) is 2.37. The van der Waals surface area contributed by atoms with Gasteiger partial charge in [-0.2, -0.15) is 12.6 Å². The van der Waals surface area contributed by atoms with Gasteiger partial charge < -0.3 is 36.5 Å². The Labute approximate surface area is 213 Å². The molecule has 1 fully saturated rings. The summed E-state index contributed by atoms with van der Waals surface area (Å²) in [6.45, 7) is 0.704. The number of nitrogens with one attached hydrogen (secondary N) is 5. The number of benzene rings is 1. The van der Waals surface area contributed by atoms with Gasteiger partial charge in [-0.3, -0.25) is 14.4 Å². The Balaban J connectivity index is 1.79. The zero-order valence-corrected chi connectivity index (χ0v) is 20.3. The monoisotopic (exact) mass is 518 g/mol. The van der Waals surface area contributed by atoms with Crippen molar-refractivity contribution in [1.82, 2.24) is 31.2 Å². The second-order valence-electron chi connectivity index (χ2n) is 8.50. The summed E-state index contributed by atoms with van der Waals surface area (Å²) in [5.41, 5.74) is 1.23. The molecule has 1 saturated heterocycles. The number of aromatic nitrogens is 2. The fourth-order valence-corrected chi connectivity index (χ4v) is 4.06. The normalized spacial score (nSPS) is 17.5. The Morgan fingerprint density at radius 3 is 2.25 bits per heavy atom. The predicted molar refractivity (Wildman–Crippen MR) is 132 cm³/mol. The minimum absolute atomic E-state index is 0.0144. The number of phenolic OH excluding ortho intramolecular Hbond substituents is 1. The molecule has 7 N–H and O–H groups in total. The average Bonchev–Trinajstić information content (AvgIpc) is 3.57. The summed E-state index contributed by atoms with van der Waals surface area (Å²) in [5.74, 6) is -3.00. The van der Waals surface area contributed by atoms with Crippen LogP contribution in [-0.4, -0.2) is 80.3 Å². The van der Waals surface area contributed by atoms with E-state index >= 15 is 0 Å². The fraction of sp³-hybridized carbons (Fsp3) is 0.435. The van der Waals surface area contributed by atoms with Crippen LogP contribution in [0.15, 0.2) is 36.8 Å². The van der Waals surface area contributed by atoms with E-state index in [0.717, 1.165) is 6.42 Å². The number of imidazole rings is 1. The summed E-state index contributed by atoms with van der Waals surface area (Å²) in [7, 11) is 0. The highest BCUT2D eigenvalue weighted by Crippen LogP contribution is 2.13. The van der Waals surface area contributed by atoms with Gasteiger partial charge in [-0.15, -0.1) is 0 Å². The van der Waals surface area contributed by atoms with Crippen molar-refractivity contribution in [3.8, 4) is 5.75 Å². The van der Waals surface area contributed by atoms with Crippen molar-refractivity contribution in [1.29, 1.82) is 0 Å². The molecular weight excluding hydrogens is 488 g/mol. The summed E-state index contributed by atoms with van der Waals surface area (Å²) in [4.78, 5) is 57.2. The molecule has 2 heterocycles. The van der Waals surface area contributed by atoms with Crippen molar-refractivity contribution in [2.45, 2.75) is 49.9 Å². The molecule has 0 bridgehead atoms. The van der Waals surface area contributed by atoms with Crippen molar-refractivity contribution in [2.24, 2.45) is 0 Å². The highest BCUT2D eigenvalue weighted by Gasteiger charge is 2.31. The SMILES string of the molecule is O=C(O)C(CS)NC(=O)C(Cc1cnc[nH]1)NC(=O)C(Cc1ccc(O)cc1)NC(=O)C1CCCN1. The fourth-order valence-electron chi connectivity index (χ4n) is 3.81. The molecule has 12 nitrogen and oxygen atoms in total. The van der Waals surface area contributed by atoms with Gasteiger partial charge in [0.15, 0.2) is 0 Å². The van der Waals surface area contributed by atoms with Crippen molar-refractivity contribution < 1.29 is 29.4 Å². The standard InChI is InChI=1S/C23H30N6O6S/c30-15-5-3-13(4-6-15)8-17(27-20(31)16-2-1-7-25-16)21(32)28-18(9-14-10-24-12-26-14)22(33)29-19(11-36)23(34)35/h3-6,10,12,16-19,25,30,36H,1-2,7-9,11H2,(H,24,26)(H,27,31)(H,28,32)(H,29,33)(H,34,35). The van der Waals surface area contributed by atoms with Gasteiger partial charge in [-0.05, 0) is 37.1 Å². The predicted octanol–water partition coefficient (Wildman–Crippen LogP) is -0.879. The molecule has 13 heteroatoms. The third-order valence-corrected chi connectivity index (χ3v) is 6.16. The van der Waals surface area contributed by atoms with Gasteiger partial charge in [0.1, 0.15) is 23.9 Å². The van der Waals surface area contributed by atoms with Gasteiger partial charge in [0.25, 0.3) is 0 Å². The highest BCUT2D eigenvalue weighted by molar-refractivity contribution is 7.80. The smallest absolute Gasteiger partial charge is 0.327 e. The second-order valence-corrected chi connectivity index (χ2v) is 8.87. The molecule has 3 amide bonds. The molecule has 0 saturated carbocycles. The van der Waals surface area contributed by atoms with E-state index in [2.05, 4.69) is 43.9 Å². The van der Waals surface area contributed by atoms with E-state index in [1.807, 2.05) is 0 Å². The molecule has 0 radical (unpaired) electrons. The van der Waals surface area contributed by atoms with Crippen LogP contribution in [0.25, 0.3) is 0 Å². The van der Waals surface area contributed by atoms with Crippen LogP contribution in [0.1, 0.15) is 24.1 Å². The molecule has 4 atom stereocenters. The first-order chi connectivity index (χ1) is 17.3. The molecule has 1 aliphatic heterocycles. The lowest BCUT2D eigenvalue weighted by Gasteiger charge is -2.25.